The van der Waals surface area contributed by atoms with Gasteiger partial charge < -0.3 is 50.6 Å². The lowest BCUT2D eigenvalue weighted by Gasteiger charge is -2.28. The van der Waals surface area contributed by atoms with Gasteiger partial charge in [0, 0.05) is 0 Å². The Bertz CT molecular complexity index is 1300. The molecule has 20 nitrogen and oxygen atoms in total. The molecule has 0 amide bonds. The summed E-state index contributed by atoms with van der Waals surface area (Å²) < 4.78 is 44.3. The van der Waals surface area contributed by atoms with E-state index < -0.39 is 76.8 Å². The molecule has 0 bridgehead atoms. The quantitative estimate of drug-likeness (QED) is 0.0847. The Kier molecular flexibility index (Phi) is 9.21. The van der Waals surface area contributed by atoms with Crippen molar-refractivity contribution >= 4 is 39.0 Å². The molecule has 0 spiro atoms. The van der Waals surface area contributed by atoms with Gasteiger partial charge in [0.05, 0.1) is 19.0 Å². The van der Waals surface area contributed by atoms with Crippen LogP contribution in [-0.4, -0.2) is 110 Å². The van der Waals surface area contributed by atoms with Crippen LogP contribution in [0.25, 0.3) is 11.2 Å². The first-order chi connectivity index (χ1) is 17.6. The number of nitrogen functional groups attached to an aromatic ring is 1. The van der Waals surface area contributed by atoms with E-state index in [0.29, 0.717) is 0 Å². The molecule has 9 atom stereocenters. The fourth-order valence-corrected chi connectivity index (χ4v) is 5.64. The lowest BCUT2D eigenvalue weighted by molar-refractivity contribution is -0.132. The molecular formula is C16H25N5O15P2. The largest absolute Gasteiger partial charge is 0.484 e. The van der Waals surface area contributed by atoms with Gasteiger partial charge in [0.1, 0.15) is 30.5 Å². The van der Waals surface area contributed by atoms with Crippen LogP contribution < -0.4 is 11.3 Å². The van der Waals surface area contributed by atoms with Crippen LogP contribution in [0.15, 0.2) is 11.1 Å². The first-order valence-corrected chi connectivity index (χ1v) is 13.5. The highest BCUT2D eigenvalue weighted by molar-refractivity contribution is 7.61. The lowest BCUT2D eigenvalue weighted by Crippen LogP contribution is -2.45. The minimum atomic E-state index is -5.64. The molecular weight excluding hydrogens is 564 g/mol. The van der Waals surface area contributed by atoms with Crippen molar-refractivity contribution in [2.45, 2.75) is 55.9 Å². The average molecular weight is 589 g/mol. The van der Waals surface area contributed by atoms with Crippen LogP contribution in [0.2, 0.25) is 0 Å². The molecule has 2 aromatic heterocycles. The normalized spacial score (nSPS) is 27.1. The maximum Gasteiger partial charge on any atom is 0.484 e. The number of rotatable bonds is 12. The number of carbonyl (C=O) groups is 1. The summed E-state index contributed by atoms with van der Waals surface area (Å²) in [5.41, 5.74) is 4.49. The van der Waals surface area contributed by atoms with Gasteiger partial charge in [0.25, 0.3) is 5.56 Å². The number of hydrogen-bond acceptors (Lipinski definition) is 16. The topological polar surface area (TPSA) is 319 Å². The number of aliphatic hydroxyl groups is 5. The van der Waals surface area contributed by atoms with Crippen LogP contribution in [0.5, 0.6) is 0 Å². The summed E-state index contributed by atoms with van der Waals surface area (Å²) >= 11 is 0. The molecule has 1 saturated heterocycles. The van der Waals surface area contributed by atoms with Crippen molar-refractivity contribution < 1.29 is 67.3 Å². The van der Waals surface area contributed by atoms with Gasteiger partial charge in [-0.05, 0) is 6.92 Å². The predicted octanol–water partition coefficient (Wildman–Crippen LogP) is -3.76. The van der Waals surface area contributed by atoms with Crippen molar-refractivity contribution in [3.8, 4) is 0 Å². The van der Waals surface area contributed by atoms with E-state index in [-0.39, 0.29) is 23.4 Å². The number of aldehydes is 1. The molecule has 0 radical (unpaired) electrons. The third-order valence-corrected chi connectivity index (χ3v) is 7.85. The summed E-state index contributed by atoms with van der Waals surface area (Å²) in [6, 6.07) is 0. The van der Waals surface area contributed by atoms with E-state index in [9.17, 15) is 44.3 Å². The van der Waals surface area contributed by atoms with E-state index in [0.717, 1.165) is 17.8 Å². The predicted molar refractivity (Wildman–Crippen MR) is 120 cm³/mol. The molecule has 3 rings (SSSR count). The van der Waals surface area contributed by atoms with E-state index in [1.807, 2.05) is 0 Å². The van der Waals surface area contributed by atoms with E-state index in [1.54, 1.807) is 0 Å². The number of nitrogens with two attached hydrogens (primary N) is 1. The average Bonchev–Trinajstić information content (AvgIpc) is 3.35. The van der Waals surface area contributed by atoms with Crippen LogP contribution in [0.3, 0.4) is 0 Å². The van der Waals surface area contributed by atoms with Gasteiger partial charge in [-0.2, -0.15) is 9.29 Å². The third kappa shape index (κ3) is 6.69. The van der Waals surface area contributed by atoms with Gasteiger partial charge in [-0.1, -0.05) is 0 Å². The van der Waals surface area contributed by atoms with E-state index in [2.05, 4.69) is 23.8 Å². The zero-order valence-electron chi connectivity index (χ0n) is 19.2. The van der Waals surface area contributed by atoms with Crippen molar-refractivity contribution in [1.82, 2.24) is 19.5 Å². The number of aromatic amines is 1. The van der Waals surface area contributed by atoms with Crippen LogP contribution in [0.1, 0.15) is 13.2 Å². The minimum absolute atomic E-state index is 0.137. The number of anilines is 1. The van der Waals surface area contributed by atoms with Crippen LogP contribution in [0.4, 0.5) is 5.95 Å². The number of imidazole rings is 1. The Morgan fingerprint density at radius 3 is 2.47 bits per heavy atom. The monoisotopic (exact) mass is 589 g/mol. The number of phosphoric ester groups is 1. The van der Waals surface area contributed by atoms with Crippen molar-refractivity contribution in [1.29, 1.82) is 0 Å². The second-order valence-electron chi connectivity index (χ2n) is 8.06. The second-order valence-corrected chi connectivity index (χ2v) is 11.1. The Labute approximate surface area is 211 Å². The first kappa shape index (κ1) is 30.4. The fourth-order valence-electron chi connectivity index (χ4n) is 3.39. The first-order valence-electron chi connectivity index (χ1n) is 10.5. The Morgan fingerprint density at radius 2 is 1.89 bits per heavy atom. The number of hydrogen-bond donors (Lipinski definition) is 9. The summed E-state index contributed by atoms with van der Waals surface area (Å²) in [5.74, 6) is -0.294. The van der Waals surface area contributed by atoms with Crippen LogP contribution in [0, 0.1) is 0 Å². The Hall–Kier alpha value is -2.16. The summed E-state index contributed by atoms with van der Waals surface area (Å²) in [5, 5.41) is 50.0. The number of ether oxygens (including phenoxy) is 1. The van der Waals surface area contributed by atoms with E-state index in [4.69, 9.17) is 24.8 Å². The molecule has 1 unspecified atom stereocenters. The van der Waals surface area contributed by atoms with Gasteiger partial charge >= 0.3 is 15.6 Å². The fraction of sp³-hybridized carbons (Fsp3) is 0.625. The highest BCUT2D eigenvalue weighted by Gasteiger charge is 2.48. The molecule has 3 heterocycles. The maximum absolute atomic E-state index is 12.9. The lowest BCUT2D eigenvalue weighted by atomic mass is 10.1. The molecule has 1 fully saturated rings. The maximum atomic E-state index is 12.9. The number of aliphatic hydroxyl groups excluding tert-OH is 5. The molecule has 38 heavy (non-hydrogen) atoms. The van der Waals surface area contributed by atoms with Gasteiger partial charge in [0.2, 0.25) is 5.95 Å². The van der Waals surface area contributed by atoms with Crippen LogP contribution in [-0.2, 0) is 32.0 Å². The van der Waals surface area contributed by atoms with Crippen molar-refractivity contribution in [2.24, 2.45) is 0 Å². The second kappa shape index (κ2) is 11.5. The Morgan fingerprint density at radius 1 is 1.24 bits per heavy atom. The van der Waals surface area contributed by atoms with Crippen molar-refractivity contribution in [2.75, 3.05) is 12.3 Å². The zero-order valence-corrected chi connectivity index (χ0v) is 21.0. The number of H-pyrrole nitrogens is 1. The van der Waals surface area contributed by atoms with Crippen molar-refractivity contribution in [3.63, 3.8) is 0 Å². The number of phosphoric acid groups is 2. The number of fused-ring (bicyclic) bond motifs is 1. The number of aromatic nitrogens is 4. The highest BCUT2D eigenvalue weighted by atomic mass is 31.3. The number of nitrogens with zero attached hydrogens (tertiary/aromatic N) is 3. The SMILES string of the molecule is C[C@H](O)[C@@H](O)[C@@H](O)[C@@H](C=O)OP(=O)(OC[C@H]1O[C@@H](n2cnc3c(=O)[nH]c(N)nc32)[C@H](O)[C@@H]1O)OP(=O)(O)O. The van der Waals surface area contributed by atoms with Gasteiger partial charge in [-0.3, -0.25) is 23.4 Å². The summed E-state index contributed by atoms with van der Waals surface area (Å²) in [6.45, 7) is -0.0165. The molecule has 10 N–H and O–H groups in total. The third-order valence-electron chi connectivity index (χ3n) is 5.23. The molecule has 0 aliphatic carbocycles. The molecule has 0 aromatic carbocycles. The van der Waals surface area contributed by atoms with Gasteiger partial charge in [-0.25, -0.2) is 14.1 Å². The zero-order chi connectivity index (χ0) is 28.6. The van der Waals surface area contributed by atoms with Gasteiger partial charge in [-0.15, -0.1) is 0 Å². The molecule has 214 valence electrons. The number of nitrogens with one attached hydrogen (secondary N) is 1. The smallest absolute Gasteiger partial charge is 0.391 e. The van der Waals surface area contributed by atoms with Gasteiger partial charge in [0.15, 0.2) is 29.8 Å². The molecule has 2 aromatic rings. The van der Waals surface area contributed by atoms with E-state index in [1.165, 1.54) is 0 Å². The molecule has 22 heteroatoms. The minimum Gasteiger partial charge on any atom is -0.391 e. The van der Waals surface area contributed by atoms with Crippen LogP contribution >= 0.6 is 15.6 Å². The standard InChI is InChI=1S/C16H25N5O15P2/c1-5(23)9(24)10(25)6(2-22)35-38(32,36-37(29,30)31)33-3-7-11(26)12(27)15(34-7)21-4-18-8-13(21)19-16(17)20-14(8)28/h2,4-7,9-12,15,23-27H,3H2,1H3,(H2,29,30,31)(H3,17,19,20,28)/t5-,6+,7+,9+,10-,11+,12+,15+,38?/m0/s1. The highest BCUT2D eigenvalue weighted by Crippen LogP contribution is 2.62. The molecule has 1 aliphatic rings. The Balaban J connectivity index is 1.81. The van der Waals surface area contributed by atoms with Crippen molar-refractivity contribution in [3.05, 3.63) is 16.7 Å². The summed E-state index contributed by atoms with van der Waals surface area (Å²) in [4.78, 5) is 51.5. The molecule has 1 aliphatic heterocycles. The number of carbonyl (C=O) groups excluding carboxylic acids is 1. The summed E-state index contributed by atoms with van der Waals surface area (Å²) in [6.07, 6.45) is -13.9. The van der Waals surface area contributed by atoms with E-state index >= 15 is 0 Å². The summed E-state index contributed by atoms with van der Waals surface area (Å²) in [7, 11) is -11.1. The molecule has 0 saturated carbocycles.